The van der Waals surface area contributed by atoms with E-state index in [0.717, 1.165) is 12.4 Å². The van der Waals surface area contributed by atoms with Crippen molar-refractivity contribution in [2.45, 2.75) is 46.1 Å². The topological polar surface area (TPSA) is 81.4 Å². The van der Waals surface area contributed by atoms with E-state index >= 15 is 0 Å². The summed E-state index contributed by atoms with van der Waals surface area (Å²) in [7, 11) is 0. The predicted molar refractivity (Wildman–Crippen MR) is 75.3 cm³/mol. The van der Waals surface area contributed by atoms with Crippen LogP contribution in [-0.2, 0) is 22.6 Å². The van der Waals surface area contributed by atoms with E-state index in [9.17, 15) is 5.11 Å². The van der Waals surface area contributed by atoms with Crippen LogP contribution in [0.2, 0.25) is 0 Å². The number of aliphatic hydroxyl groups is 1. The second kappa shape index (κ2) is 9.82. The van der Waals surface area contributed by atoms with Crippen LogP contribution in [0.15, 0.2) is 6.33 Å². The van der Waals surface area contributed by atoms with Crippen molar-refractivity contribution in [2.24, 2.45) is 0 Å². The molecule has 0 aliphatic heterocycles. The molecule has 1 heterocycles. The first-order valence-electron chi connectivity index (χ1n) is 7.08. The largest absolute Gasteiger partial charge is 0.389 e. The Balaban J connectivity index is 2.04. The van der Waals surface area contributed by atoms with Crippen LogP contribution in [0.4, 0.5) is 0 Å². The molecule has 0 amide bonds. The molecular weight excluding hydrogens is 260 g/mol. The predicted octanol–water partition coefficient (Wildman–Crippen LogP) is 0.190. The molecule has 0 aliphatic carbocycles. The van der Waals surface area contributed by atoms with Gasteiger partial charge in [0.05, 0.1) is 38.6 Å². The first-order valence-corrected chi connectivity index (χ1v) is 7.08. The molecule has 0 aliphatic rings. The van der Waals surface area contributed by atoms with Crippen LogP contribution in [0.25, 0.3) is 0 Å². The van der Waals surface area contributed by atoms with Crippen LogP contribution in [0.1, 0.15) is 26.6 Å². The van der Waals surface area contributed by atoms with Crippen molar-refractivity contribution in [1.29, 1.82) is 0 Å². The van der Waals surface area contributed by atoms with Gasteiger partial charge >= 0.3 is 0 Å². The van der Waals surface area contributed by atoms with Gasteiger partial charge in [-0.25, -0.2) is 0 Å². The van der Waals surface area contributed by atoms with E-state index in [1.54, 1.807) is 6.33 Å². The highest BCUT2D eigenvalue weighted by Gasteiger charge is 2.06. The molecule has 0 saturated carbocycles. The van der Waals surface area contributed by atoms with E-state index in [4.69, 9.17) is 9.47 Å². The smallest absolute Gasteiger partial charge is 0.146 e. The summed E-state index contributed by atoms with van der Waals surface area (Å²) >= 11 is 0. The Morgan fingerprint density at radius 1 is 1.40 bits per heavy atom. The summed E-state index contributed by atoms with van der Waals surface area (Å²) in [5.41, 5.74) is 0. The van der Waals surface area contributed by atoms with Crippen molar-refractivity contribution in [1.82, 2.24) is 20.1 Å². The maximum Gasteiger partial charge on any atom is 0.146 e. The molecule has 1 atom stereocenters. The molecule has 7 heteroatoms. The van der Waals surface area contributed by atoms with Gasteiger partial charge in [-0.1, -0.05) is 0 Å². The van der Waals surface area contributed by atoms with E-state index < -0.39 is 6.10 Å². The molecule has 0 fully saturated rings. The summed E-state index contributed by atoms with van der Waals surface area (Å²) in [4.78, 5) is 0. The fourth-order valence-electron chi connectivity index (χ4n) is 1.65. The average Bonchev–Trinajstić information content (AvgIpc) is 2.85. The Labute approximate surface area is 120 Å². The number of aliphatic hydroxyl groups excluding tert-OH is 1. The quantitative estimate of drug-likeness (QED) is 0.565. The molecule has 0 saturated heterocycles. The number of nitrogens with one attached hydrogen (secondary N) is 1. The summed E-state index contributed by atoms with van der Waals surface area (Å²) in [5.74, 6) is 0.867. The van der Waals surface area contributed by atoms with Gasteiger partial charge in [-0.3, -0.25) is 0 Å². The summed E-state index contributed by atoms with van der Waals surface area (Å²) in [6.07, 6.45) is 1.37. The van der Waals surface area contributed by atoms with E-state index in [0.29, 0.717) is 32.9 Å². The molecule has 1 aromatic rings. The van der Waals surface area contributed by atoms with Crippen LogP contribution in [-0.4, -0.2) is 58.4 Å². The number of aromatic nitrogens is 3. The van der Waals surface area contributed by atoms with Gasteiger partial charge in [0.25, 0.3) is 0 Å². The maximum atomic E-state index is 9.74. The molecule has 0 aromatic carbocycles. The summed E-state index contributed by atoms with van der Waals surface area (Å²) in [6, 6.07) is 0. The number of hydrogen-bond donors (Lipinski definition) is 2. The van der Waals surface area contributed by atoms with Gasteiger partial charge in [0, 0.05) is 13.1 Å². The molecule has 2 N–H and O–H groups in total. The van der Waals surface area contributed by atoms with Crippen molar-refractivity contribution in [3.8, 4) is 0 Å². The van der Waals surface area contributed by atoms with Crippen molar-refractivity contribution >= 4 is 0 Å². The molecular formula is C13H26N4O3. The Morgan fingerprint density at radius 3 is 2.90 bits per heavy atom. The monoisotopic (exact) mass is 286 g/mol. The normalized spacial score (nSPS) is 13.1. The van der Waals surface area contributed by atoms with E-state index in [-0.39, 0.29) is 6.10 Å². The number of aryl methyl sites for hydroxylation is 1. The van der Waals surface area contributed by atoms with Crippen LogP contribution >= 0.6 is 0 Å². The number of hydrogen-bond acceptors (Lipinski definition) is 6. The molecule has 7 nitrogen and oxygen atoms in total. The van der Waals surface area contributed by atoms with Gasteiger partial charge in [0.15, 0.2) is 0 Å². The SMILES string of the molecule is CCn1cnnc1CNCC(O)COCCOC(C)C. The van der Waals surface area contributed by atoms with Crippen LogP contribution in [0.5, 0.6) is 0 Å². The second-order valence-corrected chi connectivity index (χ2v) is 4.81. The van der Waals surface area contributed by atoms with Crippen LogP contribution in [0.3, 0.4) is 0 Å². The number of ether oxygens (including phenoxy) is 2. The van der Waals surface area contributed by atoms with Crippen molar-refractivity contribution in [3.63, 3.8) is 0 Å². The van der Waals surface area contributed by atoms with E-state index in [1.165, 1.54) is 0 Å². The molecule has 20 heavy (non-hydrogen) atoms. The molecule has 1 rings (SSSR count). The summed E-state index contributed by atoms with van der Waals surface area (Å²) in [6.45, 7) is 9.23. The minimum absolute atomic E-state index is 0.209. The van der Waals surface area contributed by atoms with Gasteiger partial charge in [-0.05, 0) is 20.8 Å². The summed E-state index contributed by atoms with van der Waals surface area (Å²) < 4.78 is 12.6. The van der Waals surface area contributed by atoms with Crippen LogP contribution < -0.4 is 5.32 Å². The molecule has 0 bridgehead atoms. The van der Waals surface area contributed by atoms with Gasteiger partial charge in [-0.15, -0.1) is 10.2 Å². The minimum atomic E-state index is -0.535. The van der Waals surface area contributed by atoms with Crippen molar-refractivity contribution in [2.75, 3.05) is 26.4 Å². The Hall–Kier alpha value is -1.02. The first kappa shape index (κ1) is 17.0. The van der Waals surface area contributed by atoms with Crippen molar-refractivity contribution < 1.29 is 14.6 Å². The molecule has 1 aromatic heterocycles. The van der Waals surface area contributed by atoms with Gasteiger partial charge in [-0.2, -0.15) is 0 Å². The Bertz CT molecular complexity index is 357. The number of nitrogens with zero attached hydrogens (tertiary/aromatic N) is 3. The summed E-state index contributed by atoms with van der Waals surface area (Å²) in [5, 5.41) is 20.7. The maximum absolute atomic E-state index is 9.74. The lowest BCUT2D eigenvalue weighted by atomic mass is 10.3. The Kier molecular flexibility index (Phi) is 8.36. The number of rotatable bonds is 11. The van der Waals surface area contributed by atoms with Crippen molar-refractivity contribution in [3.05, 3.63) is 12.2 Å². The lowest BCUT2D eigenvalue weighted by molar-refractivity contribution is -0.0100. The van der Waals surface area contributed by atoms with Gasteiger partial charge in [0.2, 0.25) is 0 Å². The molecule has 0 radical (unpaired) electrons. The highest BCUT2D eigenvalue weighted by Crippen LogP contribution is 1.94. The van der Waals surface area contributed by atoms with Crippen LogP contribution in [0, 0.1) is 0 Å². The van der Waals surface area contributed by atoms with E-state index in [2.05, 4.69) is 15.5 Å². The van der Waals surface area contributed by atoms with Gasteiger partial charge in [0.1, 0.15) is 12.2 Å². The molecule has 1 unspecified atom stereocenters. The van der Waals surface area contributed by atoms with E-state index in [1.807, 2.05) is 25.3 Å². The third-order valence-corrected chi connectivity index (χ3v) is 2.69. The highest BCUT2D eigenvalue weighted by molar-refractivity contribution is 4.84. The molecule has 116 valence electrons. The lowest BCUT2D eigenvalue weighted by Crippen LogP contribution is -2.31. The fraction of sp³-hybridized carbons (Fsp3) is 0.846. The zero-order valence-electron chi connectivity index (χ0n) is 12.6. The minimum Gasteiger partial charge on any atom is -0.389 e. The zero-order valence-corrected chi connectivity index (χ0v) is 12.6. The fourth-order valence-corrected chi connectivity index (χ4v) is 1.65. The average molecular weight is 286 g/mol. The third kappa shape index (κ3) is 6.95. The lowest BCUT2D eigenvalue weighted by Gasteiger charge is -2.13. The zero-order chi connectivity index (χ0) is 14.8. The third-order valence-electron chi connectivity index (χ3n) is 2.69. The highest BCUT2D eigenvalue weighted by atomic mass is 16.5. The Morgan fingerprint density at radius 2 is 2.20 bits per heavy atom. The molecule has 0 spiro atoms. The standard InChI is InChI=1S/C13H26N4O3/c1-4-17-10-15-16-13(17)8-14-7-12(18)9-19-5-6-20-11(2)3/h10-12,14,18H,4-9H2,1-3H3. The first-order chi connectivity index (χ1) is 9.63. The van der Waals surface area contributed by atoms with Gasteiger partial charge < -0.3 is 24.5 Å². The second-order valence-electron chi connectivity index (χ2n) is 4.81.